The van der Waals surface area contributed by atoms with E-state index in [9.17, 15) is 9.18 Å². The maximum atomic E-state index is 13.3. The van der Waals surface area contributed by atoms with Crippen molar-refractivity contribution < 1.29 is 18.4 Å². The van der Waals surface area contributed by atoms with Gasteiger partial charge in [0.15, 0.2) is 0 Å². The summed E-state index contributed by atoms with van der Waals surface area (Å²) in [6.07, 6.45) is 1.10. The summed E-state index contributed by atoms with van der Waals surface area (Å²) in [5, 5.41) is 3.84. The van der Waals surface area contributed by atoms with Crippen LogP contribution in [0, 0.1) is 18.7 Å². The summed E-state index contributed by atoms with van der Waals surface area (Å²) in [6.45, 7) is 5.25. The molecule has 2 aliphatic rings. The quantitative estimate of drug-likeness (QED) is 0.827. The number of benzene rings is 1. The van der Waals surface area contributed by atoms with Crippen LogP contribution in [-0.4, -0.2) is 54.9 Å². The van der Waals surface area contributed by atoms with Crippen molar-refractivity contribution in [1.29, 1.82) is 0 Å². The highest BCUT2D eigenvalue weighted by Gasteiger charge is 2.37. The van der Waals surface area contributed by atoms with Gasteiger partial charge in [-0.05, 0) is 37.6 Å². The first-order valence-electron chi connectivity index (χ1n) is 9.40. The van der Waals surface area contributed by atoms with Crippen LogP contribution >= 0.6 is 0 Å². The van der Waals surface area contributed by atoms with Crippen molar-refractivity contribution in [1.82, 2.24) is 10.1 Å². The molecule has 27 heavy (non-hydrogen) atoms. The van der Waals surface area contributed by atoms with Crippen LogP contribution in [0.15, 0.2) is 34.9 Å². The zero-order valence-corrected chi connectivity index (χ0v) is 15.4. The molecule has 2 fully saturated rings. The summed E-state index contributed by atoms with van der Waals surface area (Å²) >= 11 is 0. The van der Waals surface area contributed by atoms with Gasteiger partial charge in [-0.15, -0.1) is 0 Å². The maximum absolute atomic E-state index is 13.3. The van der Waals surface area contributed by atoms with E-state index in [0.29, 0.717) is 32.1 Å². The van der Waals surface area contributed by atoms with Crippen molar-refractivity contribution in [3.63, 3.8) is 0 Å². The number of rotatable bonds is 3. The number of nitrogens with zero attached hydrogens (tertiary/aromatic N) is 3. The second-order valence-electron chi connectivity index (χ2n) is 7.31. The maximum Gasteiger partial charge on any atom is 0.230 e. The Bertz CT molecular complexity index is 792. The predicted octanol–water partition coefficient (Wildman–Crippen LogP) is 2.42. The largest absolute Gasteiger partial charge is 0.379 e. The highest BCUT2D eigenvalue weighted by Crippen LogP contribution is 2.30. The van der Waals surface area contributed by atoms with Gasteiger partial charge >= 0.3 is 0 Å². The smallest absolute Gasteiger partial charge is 0.230 e. The molecule has 0 unspecified atom stereocenters. The average molecular weight is 373 g/mol. The normalized spacial score (nSPS) is 23.0. The van der Waals surface area contributed by atoms with E-state index >= 15 is 0 Å². The molecule has 6 nitrogen and oxygen atoms in total. The molecule has 3 heterocycles. The molecule has 2 aliphatic heterocycles. The lowest BCUT2D eigenvalue weighted by Gasteiger charge is -2.43. The lowest BCUT2D eigenvalue weighted by atomic mass is 9.90. The molecule has 144 valence electrons. The summed E-state index contributed by atoms with van der Waals surface area (Å²) in [7, 11) is 0. The van der Waals surface area contributed by atoms with Gasteiger partial charge < -0.3 is 19.1 Å². The van der Waals surface area contributed by atoms with E-state index in [-0.39, 0.29) is 30.1 Å². The Morgan fingerprint density at radius 3 is 2.85 bits per heavy atom. The van der Waals surface area contributed by atoms with Crippen molar-refractivity contribution in [2.24, 2.45) is 5.92 Å². The summed E-state index contributed by atoms with van der Waals surface area (Å²) in [5.74, 6) is 0.656. The molecule has 0 bridgehead atoms. The molecule has 0 spiro atoms. The first-order valence-corrected chi connectivity index (χ1v) is 9.40. The number of aryl methyl sites for hydroxylation is 1. The van der Waals surface area contributed by atoms with Crippen LogP contribution in [0.1, 0.15) is 17.9 Å². The van der Waals surface area contributed by atoms with Crippen LogP contribution in [0.3, 0.4) is 0 Å². The molecule has 2 saturated heterocycles. The number of carbonyl (C=O) groups excluding carboxylic acids is 1. The molecular formula is C20H24FN3O3. The fourth-order valence-corrected chi connectivity index (χ4v) is 4.10. The van der Waals surface area contributed by atoms with Gasteiger partial charge in [-0.3, -0.25) is 4.79 Å². The van der Waals surface area contributed by atoms with E-state index in [1.165, 1.54) is 12.1 Å². The van der Waals surface area contributed by atoms with Crippen molar-refractivity contribution in [3.8, 4) is 0 Å². The monoisotopic (exact) mass is 373 g/mol. The average Bonchev–Trinajstić information content (AvgIpc) is 2.96. The summed E-state index contributed by atoms with van der Waals surface area (Å²) in [5.41, 5.74) is 1.79. The number of halogens is 1. The van der Waals surface area contributed by atoms with Crippen LogP contribution in [0.4, 0.5) is 10.1 Å². The van der Waals surface area contributed by atoms with E-state index in [4.69, 9.17) is 9.26 Å². The first-order chi connectivity index (χ1) is 13.1. The van der Waals surface area contributed by atoms with Crippen LogP contribution in [0.5, 0.6) is 0 Å². The SMILES string of the molecule is Cc1cc(CC(=O)N2CC[C@H]3[C@@H](COCCN3c3ccc(F)cc3)C2)on1. The van der Waals surface area contributed by atoms with Crippen molar-refractivity contribution in [3.05, 3.63) is 47.6 Å². The first kappa shape index (κ1) is 18.0. The second kappa shape index (κ2) is 7.68. The zero-order chi connectivity index (χ0) is 18.8. The third kappa shape index (κ3) is 3.98. The van der Waals surface area contributed by atoms with Crippen molar-refractivity contribution in [2.45, 2.75) is 25.8 Å². The van der Waals surface area contributed by atoms with Crippen LogP contribution in [-0.2, 0) is 16.0 Å². The van der Waals surface area contributed by atoms with E-state index in [0.717, 1.165) is 24.3 Å². The highest BCUT2D eigenvalue weighted by molar-refractivity contribution is 5.78. The Hall–Kier alpha value is -2.41. The number of ether oxygens (including phenoxy) is 1. The van der Waals surface area contributed by atoms with E-state index in [1.807, 2.05) is 24.0 Å². The molecule has 0 aliphatic carbocycles. The summed E-state index contributed by atoms with van der Waals surface area (Å²) in [4.78, 5) is 16.9. The summed E-state index contributed by atoms with van der Waals surface area (Å²) in [6, 6.07) is 8.72. The number of hydrogen-bond donors (Lipinski definition) is 0. The predicted molar refractivity (Wildman–Crippen MR) is 98.0 cm³/mol. The number of piperidine rings is 1. The van der Waals surface area contributed by atoms with Gasteiger partial charge in [-0.2, -0.15) is 0 Å². The molecule has 0 radical (unpaired) electrons. The minimum atomic E-state index is -0.232. The number of aromatic nitrogens is 1. The molecule has 7 heteroatoms. The minimum Gasteiger partial charge on any atom is -0.379 e. The molecule has 2 aromatic rings. The Balaban J connectivity index is 1.45. The van der Waals surface area contributed by atoms with Crippen LogP contribution in [0.2, 0.25) is 0 Å². The third-order valence-corrected chi connectivity index (χ3v) is 5.42. The lowest BCUT2D eigenvalue weighted by molar-refractivity contribution is -0.133. The molecule has 4 rings (SSSR count). The Morgan fingerprint density at radius 2 is 2.11 bits per heavy atom. The number of hydrogen-bond acceptors (Lipinski definition) is 5. The molecule has 0 N–H and O–H groups in total. The fourth-order valence-electron chi connectivity index (χ4n) is 4.10. The van der Waals surface area contributed by atoms with Gasteiger partial charge in [0.25, 0.3) is 0 Å². The molecular weight excluding hydrogens is 349 g/mol. The minimum absolute atomic E-state index is 0.0576. The molecule has 1 aromatic carbocycles. The van der Waals surface area contributed by atoms with Gasteiger partial charge in [0.05, 0.1) is 25.3 Å². The lowest BCUT2D eigenvalue weighted by Crippen LogP contribution is -2.53. The van der Waals surface area contributed by atoms with E-state index < -0.39 is 0 Å². The van der Waals surface area contributed by atoms with Gasteiger partial charge in [0.2, 0.25) is 5.91 Å². The van der Waals surface area contributed by atoms with Gasteiger partial charge in [0, 0.05) is 43.3 Å². The highest BCUT2D eigenvalue weighted by atomic mass is 19.1. The Labute approximate surface area is 157 Å². The Morgan fingerprint density at radius 1 is 1.30 bits per heavy atom. The van der Waals surface area contributed by atoms with E-state index in [1.54, 1.807) is 6.07 Å². The second-order valence-corrected chi connectivity index (χ2v) is 7.31. The number of fused-ring (bicyclic) bond motifs is 1. The van der Waals surface area contributed by atoms with Gasteiger partial charge in [-0.25, -0.2) is 4.39 Å². The van der Waals surface area contributed by atoms with Gasteiger partial charge in [0.1, 0.15) is 11.6 Å². The number of anilines is 1. The zero-order valence-electron chi connectivity index (χ0n) is 15.4. The van der Waals surface area contributed by atoms with Crippen molar-refractivity contribution in [2.75, 3.05) is 37.7 Å². The number of likely N-dealkylation sites (tertiary alicyclic amines) is 1. The topological polar surface area (TPSA) is 58.8 Å². The standard InChI is InChI=1S/C20H24FN3O3/c1-14-10-18(27-22-14)11-20(25)23-7-6-19-15(12-23)13-26-9-8-24(19)17-4-2-16(21)3-5-17/h2-5,10,15,19H,6-9,11-13H2,1H3/t15-,19+/m1/s1. The van der Waals surface area contributed by atoms with Gasteiger partial charge in [-0.1, -0.05) is 5.16 Å². The molecule has 0 saturated carbocycles. The number of amides is 1. The Kier molecular flexibility index (Phi) is 5.11. The molecule has 2 atom stereocenters. The molecule has 1 amide bonds. The molecule has 1 aromatic heterocycles. The summed E-state index contributed by atoms with van der Waals surface area (Å²) < 4.78 is 24.3. The fraction of sp³-hybridized carbons (Fsp3) is 0.500. The van der Waals surface area contributed by atoms with E-state index in [2.05, 4.69) is 10.1 Å². The van der Waals surface area contributed by atoms with Crippen molar-refractivity contribution >= 4 is 11.6 Å². The van der Waals surface area contributed by atoms with Crippen LogP contribution in [0.25, 0.3) is 0 Å². The third-order valence-electron chi connectivity index (χ3n) is 5.42. The van der Waals surface area contributed by atoms with Crippen LogP contribution < -0.4 is 4.90 Å². The number of carbonyl (C=O) groups is 1.